The van der Waals surface area contributed by atoms with E-state index in [-0.39, 0.29) is 0 Å². The smallest absolute Gasteiger partial charge is 0.130 e. The summed E-state index contributed by atoms with van der Waals surface area (Å²) in [6.07, 6.45) is 0. The molecule has 0 bridgehead atoms. The van der Waals surface area contributed by atoms with Crippen molar-refractivity contribution < 1.29 is 0 Å². The Hall–Kier alpha value is -0.0531. The van der Waals surface area contributed by atoms with Crippen molar-refractivity contribution in [3.8, 4) is 0 Å². The van der Waals surface area contributed by atoms with Gasteiger partial charge in [-0.15, -0.1) is 0 Å². The molecule has 1 rings (SSSR count). The normalized spacial score (nSPS) is 11.8. The Morgan fingerprint density at radius 2 is 1.50 bits per heavy atom. The van der Waals surface area contributed by atoms with Crippen molar-refractivity contribution in [2.75, 3.05) is 0 Å². The molecule has 0 spiro atoms. The lowest BCUT2D eigenvalue weighted by Gasteiger charge is -2.16. The van der Waals surface area contributed by atoms with Crippen LogP contribution in [0.25, 0.3) is 0 Å². The van der Waals surface area contributed by atoms with E-state index in [1.54, 1.807) is 0 Å². The Morgan fingerprint density at radius 3 is 1.83 bits per heavy atom. The predicted octanol–water partition coefficient (Wildman–Crippen LogP) is 2.93. The summed E-state index contributed by atoms with van der Waals surface area (Å²) in [5.41, 5.74) is 0. The summed E-state index contributed by atoms with van der Waals surface area (Å²) in [5, 5.41) is 2.22. The van der Waals surface area contributed by atoms with Crippen molar-refractivity contribution in [2.24, 2.45) is 0 Å². The van der Waals surface area contributed by atoms with Gasteiger partial charge in [0.05, 0.1) is 8.07 Å². The summed E-state index contributed by atoms with van der Waals surface area (Å²) in [4.78, 5) is 3.90. The topological polar surface area (TPSA) is 12.9 Å². The Morgan fingerprint density at radius 1 is 1.08 bits per heavy atom. The van der Waals surface area contributed by atoms with Crippen LogP contribution in [-0.2, 0) is 0 Å². The van der Waals surface area contributed by atoms with Crippen LogP contribution < -0.4 is 5.19 Å². The van der Waals surface area contributed by atoms with Gasteiger partial charge in [-0.1, -0.05) is 48.0 Å². The lowest BCUT2D eigenvalue weighted by Crippen LogP contribution is -2.37. The van der Waals surface area contributed by atoms with Gasteiger partial charge in [0.25, 0.3) is 0 Å². The van der Waals surface area contributed by atoms with Crippen LogP contribution in [0.15, 0.2) is 12.1 Å². The maximum atomic E-state index is 5.78. The second kappa shape index (κ2) is 3.36. The van der Waals surface area contributed by atoms with Crippen LogP contribution in [0.5, 0.6) is 0 Å². The number of hydrogen-bond donors (Lipinski definition) is 0. The Balaban J connectivity index is 3.18. The molecule has 0 amide bonds. The highest BCUT2D eigenvalue weighted by molar-refractivity contribution is 6.88. The van der Waals surface area contributed by atoms with Crippen molar-refractivity contribution in [3.05, 3.63) is 22.4 Å². The molecule has 0 unspecified atom stereocenters. The second-order valence-corrected chi connectivity index (χ2v) is 9.60. The minimum Gasteiger partial charge on any atom is -0.224 e. The van der Waals surface area contributed by atoms with Gasteiger partial charge in [-0.25, -0.2) is 4.98 Å². The summed E-state index contributed by atoms with van der Waals surface area (Å²) in [7, 11) is -1.30. The van der Waals surface area contributed by atoms with E-state index in [0.29, 0.717) is 10.3 Å². The molecule has 0 aliphatic heterocycles. The van der Waals surface area contributed by atoms with Crippen LogP contribution in [-0.4, -0.2) is 13.1 Å². The van der Waals surface area contributed by atoms with Gasteiger partial charge in [0, 0.05) is 0 Å². The van der Waals surface area contributed by atoms with Crippen molar-refractivity contribution >= 4 is 36.5 Å². The Kier molecular flexibility index (Phi) is 2.81. The molecule has 4 heteroatoms. The SMILES string of the molecule is C[Si](C)(C)c1cc(Cl)nc(Cl)c1. The highest BCUT2D eigenvalue weighted by Gasteiger charge is 2.17. The molecule has 0 radical (unpaired) electrons. The fourth-order valence-corrected chi connectivity index (χ4v) is 2.68. The molecular weight excluding hydrogens is 209 g/mol. The average Bonchev–Trinajstić information content (AvgIpc) is 1.82. The van der Waals surface area contributed by atoms with E-state index >= 15 is 0 Å². The average molecular weight is 220 g/mol. The van der Waals surface area contributed by atoms with Gasteiger partial charge in [-0.2, -0.15) is 0 Å². The highest BCUT2D eigenvalue weighted by atomic mass is 35.5. The lowest BCUT2D eigenvalue weighted by atomic mass is 10.5. The Bertz CT molecular complexity index is 273. The molecule has 0 N–H and O–H groups in total. The largest absolute Gasteiger partial charge is 0.224 e. The highest BCUT2D eigenvalue weighted by Crippen LogP contribution is 2.12. The van der Waals surface area contributed by atoms with Crippen LogP contribution in [0.2, 0.25) is 29.9 Å². The molecule has 66 valence electrons. The fraction of sp³-hybridized carbons (Fsp3) is 0.375. The van der Waals surface area contributed by atoms with Crippen LogP contribution in [0.1, 0.15) is 0 Å². The minimum atomic E-state index is -1.30. The van der Waals surface area contributed by atoms with Crippen LogP contribution in [0, 0.1) is 0 Å². The van der Waals surface area contributed by atoms with Gasteiger partial charge in [-0.3, -0.25) is 0 Å². The molecule has 0 aliphatic carbocycles. The number of aromatic nitrogens is 1. The number of nitrogens with zero attached hydrogens (tertiary/aromatic N) is 1. The molecule has 1 aromatic rings. The molecule has 0 aromatic carbocycles. The minimum absolute atomic E-state index is 0.486. The second-order valence-electron chi connectivity index (χ2n) is 3.75. The maximum absolute atomic E-state index is 5.78. The molecular formula is C8H11Cl2NSi. The first-order chi connectivity index (χ1) is 5.39. The Labute approximate surface area is 83.7 Å². The van der Waals surface area contributed by atoms with Gasteiger partial charge in [0.2, 0.25) is 0 Å². The standard InChI is InChI=1S/C8H11Cl2NSi/c1-12(2,3)6-4-7(9)11-8(10)5-6/h4-5H,1-3H3. The van der Waals surface area contributed by atoms with E-state index in [2.05, 4.69) is 24.6 Å². The third-order valence-electron chi connectivity index (χ3n) is 1.63. The lowest BCUT2D eigenvalue weighted by molar-refractivity contribution is 1.34. The van der Waals surface area contributed by atoms with E-state index in [4.69, 9.17) is 23.2 Å². The van der Waals surface area contributed by atoms with Crippen molar-refractivity contribution in [1.29, 1.82) is 0 Å². The maximum Gasteiger partial charge on any atom is 0.130 e. The van der Waals surface area contributed by atoms with Gasteiger partial charge in [0.15, 0.2) is 0 Å². The quantitative estimate of drug-likeness (QED) is 0.523. The summed E-state index contributed by atoms with van der Waals surface area (Å²) >= 11 is 11.6. The van der Waals surface area contributed by atoms with E-state index in [0.717, 1.165) is 0 Å². The van der Waals surface area contributed by atoms with E-state index in [9.17, 15) is 0 Å². The molecule has 0 saturated heterocycles. The summed E-state index contributed by atoms with van der Waals surface area (Å²) in [6.45, 7) is 6.74. The molecule has 0 atom stereocenters. The fourth-order valence-electron chi connectivity index (χ4n) is 0.898. The molecule has 1 nitrogen and oxygen atoms in total. The van der Waals surface area contributed by atoms with Crippen molar-refractivity contribution in [1.82, 2.24) is 4.98 Å². The number of pyridine rings is 1. The summed E-state index contributed by atoms with van der Waals surface area (Å²) in [5.74, 6) is 0. The van der Waals surface area contributed by atoms with Gasteiger partial charge >= 0.3 is 0 Å². The number of rotatable bonds is 1. The molecule has 1 heterocycles. The first kappa shape index (κ1) is 10.0. The summed E-state index contributed by atoms with van der Waals surface area (Å²) in [6, 6.07) is 3.80. The van der Waals surface area contributed by atoms with Crippen molar-refractivity contribution in [3.63, 3.8) is 0 Å². The number of halogens is 2. The molecule has 0 fully saturated rings. The molecule has 0 aliphatic rings. The monoisotopic (exact) mass is 219 g/mol. The zero-order valence-electron chi connectivity index (χ0n) is 7.36. The van der Waals surface area contributed by atoms with Gasteiger partial charge in [-0.05, 0) is 12.1 Å². The van der Waals surface area contributed by atoms with Crippen molar-refractivity contribution in [2.45, 2.75) is 19.6 Å². The van der Waals surface area contributed by atoms with Crippen LogP contribution in [0.4, 0.5) is 0 Å². The summed E-state index contributed by atoms with van der Waals surface area (Å²) < 4.78 is 0. The number of hydrogen-bond acceptors (Lipinski definition) is 1. The van der Waals surface area contributed by atoms with Crippen LogP contribution >= 0.6 is 23.2 Å². The third-order valence-corrected chi connectivity index (χ3v) is 4.04. The predicted molar refractivity (Wildman–Crippen MR) is 57.2 cm³/mol. The first-order valence-corrected chi connectivity index (χ1v) is 7.99. The van der Waals surface area contributed by atoms with E-state index in [1.807, 2.05) is 12.1 Å². The van der Waals surface area contributed by atoms with Gasteiger partial charge < -0.3 is 0 Å². The van der Waals surface area contributed by atoms with Gasteiger partial charge in [0.1, 0.15) is 10.3 Å². The molecule has 1 aromatic heterocycles. The van der Waals surface area contributed by atoms with E-state index in [1.165, 1.54) is 5.19 Å². The molecule has 12 heavy (non-hydrogen) atoms. The van der Waals surface area contributed by atoms with Crippen LogP contribution in [0.3, 0.4) is 0 Å². The molecule has 0 saturated carbocycles. The zero-order chi connectivity index (χ0) is 9.35. The third kappa shape index (κ3) is 2.47. The first-order valence-electron chi connectivity index (χ1n) is 3.73. The zero-order valence-corrected chi connectivity index (χ0v) is 9.87. The van der Waals surface area contributed by atoms with E-state index < -0.39 is 8.07 Å².